The minimum absolute atomic E-state index is 0.0373. The van der Waals surface area contributed by atoms with E-state index in [1.807, 2.05) is 0 Å². The van der Waals surface area contributed by atoms with Crippen LogP contribution in [0.5, 0.6) is 11.5 Å². The smallest absolute Gasteiger partial charge is 0.258 e. The summed E-state index contributed by atoms with van der Waals surface area (Å²) >= 11 is 0. The van der Waals surface area contributed by atoms with Crippen LogP contribution in [-0.2, 0) is 0 Å². The Balaban J connectivity index is 1.81. The van der Waals surface area contributed by atoms with Crippen LogP contribution in [0.25, 0.3) is 0 Å². The number of rotatable bonds is 4. The summed E-state index contributed by atoms with van der Waals surface area (Å²) in [6.45, 7) is 2.88. The van der Waals surface area contributed by atoms with Crippen LogP contribution in [0.3, 0.4) is 0 Å². The molecule has 1 aliphatic rings. The van der Waals surface area contributed by atoms with Crippen molar-refractivity contribution in [2.24, 2.45) is 11.8 Å². The Hall–Kier alpha value is -1.71. The van der Waals surface area contributed by atoms with Gasteiger partial charge in [0.1, 0.15) is 17.1 Å². The Kier molecular flexibility index (Phi) is 4.88. The van der Waals surface area contributed by atoms with Gasteiger partial charge in [0.2, 0.25) is 0 Å². The molecule has 1 aromatic carbocycles. The molecule has 0 heterocycles. The van der Waals surface area contributed by atoms with E-state index in [0.29, 0.717) is 12.5 Å². The standard InChI is InChI=1S/C16H23NO3/c1-11-5-7-12(8-6-11)9-10-17-16(20)15-13(18)3-2-4-14(15)19/h2-4,11-12,18-19H,5-10H2,1H3,(H,17,20). The minimum atomic E-state index is -0.412. The molecule has 4 heteroatoms. The lowest BCUT2D eigenvalue weighted by molar-refractivity contribution is 0.0944. The summed E-state index contributed by atoms with van der Waals surface area (Å²) in [5, 5.41) is 22.0. The molecule has 0 saturated heterocycles. The maximum atomic E-state index is 11.9. The Morgan fingerprint density at radius 3 is 2.40 bits per heavy atom. The lowest BCUT2D eigenvalue weighted by Crippen LogP contribution is -2.27. The molecule has 0 unspecified atom stereocenters. The number of phenolic OH excluding ortho intramolecular Hbond substituents is 2. The van der Waals surface area contributed by atoms with Crippen molar-refractivity contribution in [1.82, 2.24) is 5.32 Å². The fourth-order valence-corrected chi connectivity index (χ4v) is 2.86. The predicted molar refractivity (Wildman–Crippen MR) is 77.8 cm³/mol. The average Bonchev–Trinajstić information content (AvgIpc) is 2.41. The van der Waals surface area contributed by atoms with Crippen molar-refractivity contribution in [3.8, 4) is 11.5 Å². The van der Waals surface area contributed by atoms with Gasteiger partial charge in [-0.15, -0.1) is 0 Å². The Labute approximate surface area is 119 Å². The van der Waals surface area contributed by atoms with Crippen LogP contribution in [0.1, 0.15) is 49.4 Å². The monoisotopic (exact) mass is 277 g/mol. The minimum Gasteiger partial charge on any atom is -0.507 e. The summed E-state index contributed by atoms with van der Waals surface area (Å²) in [5.41, 5.74) is -0.0373. The second kappa shape index (κ2) is 6.64. The van der Waals surface area contributed by atoms with Crippen molar-refractivity contribution in [3.63, 3.8) is 0 Å². The molecule has 1 saturated carbocycles. The Bertz CT molecular complexity index is 445. The maximum absolute atomic E-state index is 11.9. The van der Waals surface area contributed by atoms with Crippen LogP contribution in [0, 0.1) is 11.8 Å². The zero-order valence-electron chi connectivity index (χ0n) is 11.9. The molecular weight excluding hydrogens is 254 g/mol. The van der Waals surface area contributed by atoms with E-state index in [0.717, 1.165) is 12.3 Å². The topological polar surface area (TPSA) is 69.6 Å². The molecular formula is C16H23NO3. The molecule has 0 bridgehead atoms. The van der Waals surface area contributed by atoms with E-state index in [1.54, 1.807) is 0 Å². The normalized spacial score (nSPS) is 22.4. The fraction of sp³-hybridized carbons (Fsp3) is 0.562. The van der Waals surface area contributed by atoms with Crippen molar-refractivity contribution < 1.29 is 15.0 Å². The van der Waals surface area contributed by atoms with E-state index in [2.05, 4.69) is 12.2 Å². The largest absolute Gasteiger partial charge is 0.507 e. The second-order valence-electron chi connectivity index (χ2n) is 5.84. The third kappa shape index (κ3) is 3.65. The SMILES string of the molecule is CC1CCC(CCNC(=O)c2c(O)cccc2O)CC1. The van der Waals surface area contributed by atoms with Crippen molar-refractivity contribution in [2.75, 3.05) is 6.54 Å². The summed E-state index contributed by atoms with van der Waals surface area (Å²) in [5.74, 6) is 0.733. The molecule has 0 atom stereocenters. The van der Waals surface area contributed by atoms with Gasteiger partial charge >= 0.3 is 0 Å². The zero-order valence-corrected chi connectivity index (χ0v) is 11.9. The molecule has 20 heavy (non-hydrogen) atoms. The van der Waals surface area contributed by atoms with E-state index < -0.39 is 5.91 Å². The summed E-state index contributed by atoms with van der Waals surface area (Å²) in [7, 11) is 0. The number of aromatic hydroxyl groups is 2. The average molecular weight is 277 g/mol. The van der Waals surface area contributed by atoms with Gasteiger partial charge in [-0.3, -0.25) is 4.79 Å². The molecule has 1 aliphatic carbocycles. The summed E-state index contributed by atoms with van der Waals surface area (Å²) in [6.07, 6.45) is 5.99. The summed E-state index contributed by atoms with van der Waals surface area (Å²) in [6, 6.07) is 4.30. The molecule has 2 rings (SSSR count). The van der Waals surface area contributed by atoms with E-state index >= 15 is 0 Å². The highest BCUT2D eigenvalue weighted by Crippen LogP contribution is 2.30. The van der Waals surface area contributed by atoms with Gasteiger partial charge < -0.3 is 15.5 Å². The van der Waals surface area contributed by atoms with Gasteiger partial charge in [0.05, 0.1) is 0 Å². The third-order valence-electron chi connectivity index (χ3n) is 4.22. The van der Waals surface area contributed by atoms with Gasteiger partial charge in [-0.05, 0) is 30.4 Å². The van der Waals surface area contributed by atoms with Crippen LogP contribution in [0.15, 0.2) is 18.2 Å². The zero-order chi connectivity index (χ0) is 14.5. The van der Waals surface area contributed by atoms with E-state index in [1.165, 1.54) is 43.9 Å². The number of benzene rings is 1. The lowest BCUT2D eigenvalue weighted by Gasteiger charge is -2.26. The van der Waals surface area contributed by atoms with E-state index in [9.17, 15) is 15.0 Å². The quantitative estimate of drug-likeness (QED) is 0.792. The molecule has 0 aliphatic heterocycles. The van der Waals surface area contributed by atoms with Gasteiger partial charge in [-0.2, -0.15) is 0 Å². The van der Waals surface area contributed by atoms with Gasteiger partial charge in [-0.25, -0.2) is 0 Å². The number of hydrogen-bond donors (Lipinski definition) is 3. The number of hydrogen-bond acceptors (Lipinski definition) is 3. The van der Waals surface area contributed by atoms with Gasteiger partial charge in [0, 0.05) is 6.54 Å². The number of carbonyl (C=O) groups is 1. The third-order valence-corrected chi connectivity index (χ3v) is 4.22. The van der Waals surface area contributed by atoms with Crippen LogP contribution in [-0.4, -0.2) is 22.7 Å². The predicted octanol–water partition coefficient (Wildman–Crippen LogP) is 3.04. The van der Waals surface area contributed by atoms with Gasteiger partial charge in [0.25, 0.3) is 5.91 Å². The van der Waals surface area contributed by atoms with Crippen molar-refractivity contribution in [1.29, 1.82) is 0 Å². The first kappa shape index (κ1) is 14.7. The van der Waals surface area contributed by atoms with Crippen molar-refractivity contribution in [3.05, 3.63) is 23.8 Å². The lowest BCUT2D eigenvalue weighted by atomic mass is 9.81. The number of amides is 1. The molecule has 0 radical (unpaired) electrons. The second-order valence-corrected chi connectivity index (χ2v) is 5.84. The summed E-state index contributed by atoms with van der Waals surface area (Å²) in [4.78, 5) is 11.9. The van der Waals surface area contributed by atoms with E-state index in [-0.39, 0.29) is 17.1 Å². The first-order chi connectivity index (χ1) is 9.58. The Morgan fingerprint density at radius 1 is 1.20 bits per heavy atom. The van der Waals surface area contributed by atoms with Crippen LogP contribution in [0.2, 0.25) is 0 Å². The van der Waals surface area contributed by atoms with Crippen molar-refractivity contribution >= 4 is 5.91 Å². The first-order valence-electron chi connectivity index (χ1n) is 7.37. The molecule has 0 spiro atoms. The molecule has 4 nitrogen and oxygen atoms in total. The van der Waals surface area contributed by atoms with E-state index in [4.69, 9.17) is 0 Å². The van der Waals surface area contributed by atoms with Gasteiger partial charge in [-0.1, -0.05) is 38.7 Å². The fourth-order valence-electron chi connectivity index (χ4n) is 2.86. The maximum Gasteiger partial charge on any atom is 0.258 e. The molecule has 0 aromatic heterocycles. The molecule has 1 amide bonds. The van der Waals surface area contributed by atoms with Gasteiger partial charge in [0.15, 0.2) is 0 Å². The van der Waals surface area contributed by atoms with Crippen LogP contribution in [0.4, 0.5) is 0 Å². The molecule has 3 N–H and O–H groups in total. The molecule has 1 fully saturated rings. The highest BCUT2D eigenvalue weighted by molar-refractivity contribution is 5.99. The number of nitrogens with one attached hydrogen (secondary N) is 1. The first-order valence-corrected chi connectivity index (χ1v) is 7.37. The van der Waals surface area contributed by atoms with Crippen LogP contribution >= 0.6 is 0 Å². The highest BCUT2D eigenvalue weighted by Gasteiger charge is 2.19. The Morgan fingerprint density at radius 2 is 1.80 bits per heavy atom. The highest BCUT2D eigenvalue weighted by atomic mass is 16.3. The molecule has 1 aromatic rings. The molecule has 110 valence electrons. The number of carbonyl (C=O) groups excluding carboxylic acids is 1. The summed E-state index contributed by atoms with van der Waals surface area (Å²) < 4.78 is 0. The van der Waals surface area contributed by atoms with Crippen molar-refractivity contribution in [2.45, 2.75) is 39.0 Å². The number of phenols is 2. The van der Waals surface area contributed by atoms with Crippen LogP contribution < -0.4 is 5.32 Å².